The van der Waals surface area contributed by atoms with Crippen LogP contribution < -0.4 is 5.32 Å². The molecule has 4 heteroatoms. The maximum absolute atomic E-state index is 12.3. The summed E-state index contributed by atoms with van der Waals surface area (Å²) in [5, 5.41) is 22.9. The summed E-state index contributed by atoms with van der Waals surface area (Å²) in [4.78, 5) is 12.3. The maximum atomic E-state index is 12.3. The second-order valence-electron chi connectivity index (χ2n) is 13.0. The molecule has 45 heavy (non-hydrogen) atoms. The summed E-state index contributed by atoms with van der Waals surface area (Å²) in [6.45, 7) is 4.25. The van der Waals surface area contributed by atoms with E-state index < -0.39 is 12.1 Å². The van der Waals surface area contributed by atoms with Crippen LogP contribution in [0.1, 0.15) is 187 Å². The van der Waals surface area contributed by atoms with Crippen molar-refractivity contribution in [3.8, 4) is 0 Å². The fourth-order valence-electron chi connectivity index (χ4n) is 5.54. The number of nitrogens with one attached hydrogen (secondary N) is 1. The van der Waals surface area contributed by atoms with Gasteiger partial charge in [-0.15, -0.1) is 0 Å². The fourth-order valence-corrected chi connectivity index (χ4v) is 5.54. The molecule has 0 saturated heterocycles. The highest BCUT2D eigenvalue weighted by Crippen LogP contribution is 2.13. The Labute approximate surface area is 280 Å². The third-order valence-electron chi connectivity index (χ3n) is 8.56. The number of hydrogen-bond donors (Lipinski definition) is 3. The van der Waals surface area contributed by atoms with Crippen molar-refractivity contribution >= 4 is 5.91 Å². The summed E-state index contributed by atoms with van der Waals surface area (Å²) >= 11 is 0. The molecule has 0 radical (unpaired) electrons. The number of carbonyl (C=O) groups excluding carboxylic acids is 1. The summed E-state index contributed by atoms with van der Waals surface area (Å²) in [5.41, 5.74) is 0. The van der Waals surface area contributed by atoms with Crippen LogP contribution >= 0.6 is 0 Å². The number of unbranched alkanes of at least 4 members (excludes halogenated alkanes) is 22. The van der Waals surface area contributed by atoms with Crippen LogP contribution in [0, 0.1) is 0 Å². The average molecular weight is 630 g/mol. The van der Waals surface area contributed by atoms with E-state index in [9.17, 15) is 15.0 Å². The van der Waals surface area contributed by atoms with E-state index in [1.54, 1.807) is 6.08 Å². The third kappa shape index (κ3) is 33.5. The monoisotopic (exact) mass is 630 g/mol. The minimum atomic E-state index is -0.862. The first-order valence-corrected chi connectivity index (χ1v) is 19.4. The van der Waals surface area contributed by atoms with Crippen LogP contribution in [-0.2, 0) is 4.79 Å². The number of aliphatic hydroxyl groups is 2. The van der Waals surface area contributed by atoms with Gasteiger partial charge in [-0.3, -0.25) is 4.79 Å². The minimum absolute atomic E-state index is 0.0803. The van der Waals surface area contributed by atoms with Gasteiger partial charge in [0, 0.05) is 6.42 Å². The summed E-state index contributed by atoms with van der Waals surface area (Å²) in [7, 11) is 0. The van der Waals surface area contributed by atoms with E-state index >= 15 is 0 Å². The number of carbonyl (C=O) groups is 1. The molecule has 0 aromatic carbocycles. The standard InChI is InChI=1S/C41H75NO3/c1-3-5-7-9-11-13-15-17-19-20-21-22-23-25-27-29-31-33-35-37-41(45)42-39(38-43)40(44)36-34-32-30-28-26-24-18-16-14-12-10-8-6-4-2/h11,13,15,17,26,28,34,36,39-40,43-44H,3-10,12,14,16,18-25,27,29-33,35,37-38H2,1-2H3,(H,42,45)/b13-11-,17-15-,28-26+,36-34+. The van der Waals surface area contributed by atoms with E-state index in [4.69, 9.17) is 0 Å². The smallest absolute Gasteiger partial charge is 0.220 e. The van der Waals surface area contributed by atoms with Crippen molar-refractivity contribution in [1.29, 1.82) is 0 Å². The fraction of sp³-hybridized carbons (Fsp3) is 0.780. The molecule has 0 aromatic heterocycles. The third-order valence-corrected chi connectivity index (χ3v) is 8.56. The second kappa shape index (κ2) is 36.8. The maximum Gasteiger partial charge on any atom is 0.220 e. The Hall–Kier alpha value is -1.65. The Morgan fingerprint density at radius 1 is 0.533 bits per heavy atom. The van der Waals surface area contributed by atoms with Gasteiger partial charge < -0.3 is 15.5 Å². The molecular weight excluding hydrogens is 554 g/mol. The first kappa shape index (κ1) is 43.4. The number of allylic oxidation sites excluding steroid dienone is 7. The molecule has 2 atom stereocenters. The van der Waals surface area contributed by atoms with Crippen molar-refractivity contribution in [2.75, 3.05) is 6.61 Å². The predicted octanol–water partition coefficient (Wildman–Crippen LogP) is 11.6. The normalized spacial score (nSPS) is 13.6. The lowest BCUT2D eigenvalue weighted by Crippen LogP contribution is -2.45. The van der Waals surface area contributed by atoms with Crippen molar-refractivity contribution in [2.24, 2.45) is 0 Å². The van der Waals surface area contributed by atoms with Crippen LogP contribution in [0.2, 0.25) is 0 Å². The zero-order valence-corrected chi connectivity index (χ0v) is 29.9. The quantitative estimate of drug-likeness (QED) is 0.0377. The van der Waals surface area contributed by atoms with E-state index in [-0.39, 0.29) is 12.5 Å². The molecule has 0 bridgehead atoms. The van der Waals surface area contributed by atoms with Crippen LogP contribution in [0.25, 0.3) is 0 Å². The summed E-state index contributed by atoms with van der Waals surface area (Å²) in [6.07, 6.45) is 49.1. The van der Waals surface area contributed by atoms with Crippen LogP contribution in [0.4, 0.5) is 0 Å². The average Bonchev–Trinajstić information content (AvgIpc) is 3.04. The Kier molecular flexibility index (Phi) is 35.5. The molecule has 0 aliphatic heterocycles. The van der Waals surface area contributed by atoms with Gasteiger partial charge in [-0.1, -0.05) is 172 Å². The highest BCUT2D eigenvalue weighted by Gasteiger charge is 2.17. The minimum Gasteiger partial charge on any atom is -0.394 e. The van der Waals surface area contributed by atoms with Gasteiger partial charge in [-0.25, -0.2) is 0 Å². The molecule has 0 fully saturated rings. The molecule has 262 valence electrons. The van der Waals surface area contributed by atoms with E-state index in [0.717, 1.165) is 32.1 Å². The Balaban J connectivity index is 3.65. The van der Waals surface area contributed by atoms with Crippen LogP contribution in [0.15, 0.2) is 48.6 Å². The van der Waals surface area contributed by atoms with Gasteiger partial charge in [0.15, 0.2) is 0 Å². The van der Waals surface area contributed by atoms with Gasteiger partial charge in [-0.2, -0.15) is 0 Å². The Bertz CT molecular complexity index is 726. The first-order valence-electron chi connectivity index (χ1n) is 19.4. The number of hydrogen-bond acceptors (Lipinski definition) is 3. The van der Waals surface area contributed by atoms with Crippen LogP contribution in [-0.4, -0.2) is 34.9 Å². The zero-order valence-electron chi connectivity index (χ0n) is 29.9. The van der Waals surface area contributed by atoms with E-state index in [1.807, 2.05) is 6.08 Å². The molecular formula is C41H75NO3. The zero-order chi connectivity index (χ0) is 32.9. The molecule has 2 unspecified atom stereocenters. The van der Waals surface area contributed by atoms with Crippen molar-refractivity contribution < 1.29 is 15.0 Å². The van der Waals surface area contributed by atoms with Crippen molar-refractivity contribution in [3.63, 3.8) is 0 Å². The summed E-state index contributed by atoms with van der Waals surface area (Å²) in [5.74, 6) is -0.0803. The molecule has 0 aliphatic rings. The van der Waals surface area contributed by atoms with E-state index in [0.29, 0.717) is 6.42 Å². The molecule has 1 amide bonds. The molecule has 0 saturated carbocycles. The second-order valence-corrected chi connectivity index (χ2v) is 13.0. The Morgan fingerprint density at radius 3 is 1.47 bits per heavy atom. The SMILES string of the molecule is CCCCC/C=C\C=C/CCCCCCCCCCCCC(=O)NC(CO)C(O)/C=C/CC/C=C/CCCCCCCCCC. The van der Waals surface area contributed by atoms with Gasteiger partial charge in [0.05, 0.1) is 18.8 Å². The number of rotatable bonds is 34. The van der Waals surface area contributed by atoms with Crippen molar-refractivity contribution in [1.82, 2.24) is 5.32 Å². The molecule has 0 spiro atoms. The van der Waals surface area contributed by atoms with Crippen molar-refractivity contribution in [3.05, 3.63) is 48.6 Å². The van der Waals surface area contributed by atoms with Crippen LogP contribution in [0.5, 0.6) is 0 Å². The largest absolute Gasteiger partial charge is 0.394 e. The number of amides is 1. The van der Waals surface area contributed by atoms with Crippen molar-refractivity contribution in [2.45, 2.75) is 199 Å². The lowest BCUT2D eigenvalue weighted by atomic mass is 10.0. The van der Waals surface area contributed by atoms with E-state index in [2.05, 4.69) is 55.6 Å². The van der Waals surface area contributed by atoms with E-state index in [1.165, 1.54) is 135 Å². The molecule has 3 N–H and O–H groups in total. The first-order chi connectivity index (χ1) is 22.2. The summed E-state index contributed by atoms with van der Waals surface area (Å²) in [6, 6.07) is -0.639. The van der Waals surface area contributed by atoms with Gasteiger partial charge in [-0.05, 0) is 57.8 Å². The van der Waals surface area contributed by atoms with Crippen LogP contribution in [0.3, 0.4) is 0 Å². The lowest BCUT2D eigenvalue weighted by molar-refractivity contribution is -0.123. The molecule has 0 aromatic rings. The molecule has 0 rings (SSSR count). The topological polar surface area (TPSA) is 69.6 Å². The predicted molar refractivity (Wildman–Crippen MR) is 198 cm³/mol. The van der Waals surface area contributed by atoms with Gasteiger partial charge in [0.25, 0.3) is 0 Å². The number of aliphatic hydroxyl groups excluding tert-OH is 2. The van der Waals surface area contributed by atoms with Gasteiger partial charge in [0.2, 0.25) is 5.91 Å². The lowest BCUT2D eigenvalue weighted by Gasteiger charge is -2.19. The summed E-state index contributed by atoms with van der Waals surface area (Å²) < 4.78 is 0. The van der Waals surface area contributed by atoms with Gasteiger partial charge in [0.1, 0.15) is 0 Å². The molecule has 0 aliphatic carbocycles. The highest BCUT2D eigenvalue weighted by molar-refractivity contribution is 5.76. The van der Waals surface area contributed by atoms with Gasteiger partial charge >= 0.3 is 0 Å². The Morgan fingerprint density at radius 2 is 0.933 bits per heavy atom. The molecule has 4 nitrogen and oxygen atoms in total. The highest BCUT2D eigenvalue weighted by atomic mass is 16.3. The molecule has 0 heterocycles.